The van der Waals surface area contributed by atoms with Crippen LogP contribution in [0, 0.1) is 10.1 Å². The average molecular weight is 351 g/mol. The summed E-state index contributed by atoms with van der Waals surface area (Å²) in [5.74, 6) is 0.278. The number of hydrogen-bond acceptors (Lipinski definition) is 4. The molecule has 0 saturated heterocycles. The number of nitrogens with zero attached hydrogens (tertiary/aromatic N) is 1. The van der Waals surface area contributed by atoms with E-state index in [2.05, 4.69) is 15.9 Å². The molecule has 0 atom stereocenters. The molecule has 0 aliphatic rings. The molecule has 2 N–H and O–H groups in total. The van der Waals surface area contributed by atoms with Crippen LogP contribution in [0.4, 0.5) is 11.4 Å². The summed E-state index contributed by atoms with van der Waals surface area (Å²) >= 11 is 3.28. The maximum atomic E-state index is 11.0. The number of halogens is 1. The number of aryl methyl sites for hydroxylation is 1. The summed E-state index contributed by atoms with van der Waals surface area (Å²) in [7, 11) is 0. The first kappa shape index (κ1) is 15.3. The largest absolute Gasteiger partial charge is 0.486 e. The molecule has 0 spiro atoms. The Balaban J connectivity index is 1.92. The molecule has 0 aliphatic carbocycles. The van der Waals surface area contributed by atoms with Gasteiger partial charge in [0.1, 0.15) is 0 Å². The molecule has 2 aromatic carbocycles. The van der Waals surface area contributed by atoms with Crippen LogP contribution in [0.25, 0.3) is 0 Å². The summed E-state index contributed by atoms with van der Waals surface area (Å²) in [6.07, 6.45) is 1.60. The lowest BCUT2D eigenvalue weighted by atomic mass is 10.1. The molecule has 0 heterocycles. The third kappa shape index (κ3) is 4.19. The lowest BCUT2D eigenvalue weighted by Gasteiger charge is -2.08. The second kappa shape index (κ2) is 7.08. The van der Waals surface area contributed by atoms with E-state index >= 15 is 0 Å². The number of para-hydroxylation sites is 1. The van der Waals surface area contributed by atoms with Crippen molar-refractivity contribution in [2.45, 2.75) is 12.8 Å². The molecular weight excluding hydrogens is 336 g/mol. The fourth-order valence-corrected chi connectivity index (χ4v) is 2.39. The second-order valence-electron chi connectivity index (χ2n) is 4.54. The van der Waals surface area contributed by atoms with Gasteiger partial charge in [-0.1, -0.05) is 18.2 Å². The highest BCUT2D eigenvalue weighted by molar-refractivity contribution is 9.10. The number of anilines is 1. The van der Waals surface area contributed by atoms with Crippen molar-refractivity contribution in [3.63, 3.8) is 0 Å². The van der Waals surface area contributed by atoms with E-state index in [0.29, 0.717) is 11.1 Å². The molecule has 5 nitrogen and oxygen atoms in total. The molecule has 0 saturated carbocycles. The highest BCUT2D eigenvalue weighted by Gasteiger charge is 2.17. The Labute approximate surface area is 131 Å². The molecular formula is C15H15BrN2O3. The van der Waals surface area contributed by atoms with Gasteiger partial charge in [0.15, 0.2) is 0 Å². The van der Waals surface area contributed by atoms with Crippen LogP contribution in [0.3, 0.4) is 0 Å². The molecule has 0 fully saturated rings. The van der Waals surface area contributed by atoms with Gasteiger partial charge >= 0.3 is 5.69 Å². The maximum absolute atomic E-state index is 11.0. The molecule has 0 aliphatic heterocycles. The topological polar surface area (TPSA) is 78.4 Å². The molecule has 0 unspecified atom stereocenters. The summed E-state index contributed by atoms with van der Waals surface area (Å²) in [4.78, 5) is 10.5. The minimum absolute atomic E-state index is 0.0307. The average Bonchev–Trinajstić information content (AvgIpc) is 2.46. The molecule has 0 amide bonds. The van der Waals surface area contributed by atoms with Crippen molar-refractivity contribution in [2.75, 3.05) is 12.3 Å². The summed E-state index contributed by atoms with van der Waals surface area (Å²) < 4.78 is 6.15. The molecule has 2 rings (SSSR count). The molecule has 0 radical (unpaired) electrons. The van der Waals surface area contributed by atoms with Crippen molar-refractivity contribution in [3.05, 3.63) is 62.6 Å². The monoisotopic (exact) mass is 350 g/mol. The van der Waals surface area contributed by atoms with E-state index in [4.69, 9.17) is 10.5 Å². The summed E-state index contributed by atoms with van der Waals surface area (Å²) in [6, 6.07) is 12.4. The third-order valence-electron chi connectivity index (χ3n) is 2.98. The minimum atomic E-state index is -0.444. The Morgan fingerprint density at radius 2 is 1.90 bits per heavy atom. The Bertz CT molecular complexity index is 629. The zero-order valence-corrected chi connectivity index (χ0v) is 12.9. The molecule has 21 heavy (non-hydrogen) atoms. The summed E-state index contributed by atoms with van der Waals surface area (Å²) in [5.41, 5.74) is 7.49. The van der Waals surface area contributed by atoms with Gasteiger partial charge in [-0.2, -0.15) is 0 Å². The van der Waals surface area contributed by atoms with E-state index in [-0.39, 0.29) is 11.4 Å². The Morgan fingerprint density at radius 3 is 2.57 bits per heavy atom. The number of ether oxygens (including phenoxy) is 1. The predicted octanol–water partition coefficient (Wildman–Crippen LogP) is 3.95. The van der Waals surface area contributed by atoms with Gasteiger partial charge in [0.25, 0.3) is 0 Å². The number of rotatable bonds is 6. The van der Waals surface area contributed by atoms with Gasteiger partial charge in [0.2, 0.25) is 5.75 Å². The quantitative estimate of drug-likeness (QED) is 0.370. The van der Waals surface area contributed by atoms with E-state index in [1.165, 1.54) is 6.07 Å². The van der Waals surface area contributed by atoms with Crippen molar-refractivity contribution in [2.24, 2.45) is 0 Å². The van der Waals surface area contributed by atoms with E-state index in [1.807, 2.05) is 24.3 Å². The predicted molar refractivity (Wildman–Crippen MR) is 85.5 cm³/mol. The van der Waals surface area contributed by atoms with E-state index in [0.717, 1.165) is 24.1 Å². The number of hydrogen-bond donors (Lipinski definition) is 1. The molecule has 110 valence electrons. The number of nitro groups is 1. The zero-order chi connectivity index (χ0) is 15.2. The first-order valence-electron chi connectivity index (χ1n) is 6.48. The Hall–Kier alpha value is -2.08. The van der Waals surface area contributed by atoms with Crippen LogP contribution in [0.1, 0.15) is 12.0 Å². The van der Waals surface area contributed by atoms with Gasteiger partial charge < -0.3 is 10.5 Å². The van der Waals surface area contributed by atoms with Crippen LogP contribution in [0.2, 0.25) is 0 Å². The van der Waals surface area contributed by atoms with Gasteiger partial charge in [-0.15, -0.1) is 0 Å². The van der Waals surface area contributed by atoms with E-state index < -0.39 is 4.92 Å². The fraction of sp³-hybridized carbons (Fsp3) is 0.200. The van der Waals surface area contributed by atoms with Gasteiger partial charge in [0, 0.05) is 11.8 Å². The molecule has 0 bridgehead atoms. The zero-order valence-electron chi connectivity index (χ0n) is 11.3. The SMILES string of the molecule is Nc1ccc(CCCOc2c(Br)cccc2[N+](=O)[O-])cc1. The molecule has 0 aromatic heterocycles. The second-order valence-corrected chi connectivity index (χ2v) is 5.39. The lowest BCUT2D eigenvalue weighted by Crippen LogP contribution is -2.02. The smallest absolute Gasteiger partial charge is 0.312 e. The lowest BCUT2D eigenvalue weighted by molar-refractivity contribution is -0.386. The van der Waals surface area contributed by atoms with Crippen molar-refractivity contribution in [1.29, 1.82) is 0 Å². The number of nitro benzene ring substituents is 1. The number of nitrogen functional groups attached to an aromatic ring is 1. The fourth-order valence-electron chi connectivity index (χ4n) is 1.92. The Kier molecular flexibility index (Phi) is 5.16. The van der Waals surface area contributed by atoms with Gasteiger partial charge in [-0.05, 0) is 52.5 Å². The number of nitrogens with two attached hydrogens (primary N) is 1. The van der Waals surface area contributed by atoms with Crippen molar-refractivity contribution in [3.8, 4) is 5.75 Å². The van der Waals surface area contributed by atoms with E-state index in [9.17, 15) is 10.1 Å². The van der Waals surface area contributed by atoms with Crippen LogP contribution in [0.15, 0.2) is 46.9 Å². The molecule has 2 aromatic rings. The van der Waals surface area contributed by atoms with Gasteiger partial charge in [-0.25, -0.2) is 0 Å². The minimum Gasteiger partial charge on any atom is -0.486 e. The van der Waals surface area contributed by atoms with Crippen molar-refractivity contribution in [1.82, 2.24) is 0 Å². The maximum Gasteiger partial charge on any atom is 0.312 e. The van der Waals surface area contributed by atoms with Gasteiger partial charge in [0.05, 0.1) is 16.0 Å². The first-order chi connectivity index (χ1) is 10.1. The van der Waals surface area contributed by atoms with Crippen molar-refractivity contribution < 1.29 is 9.66 Å². The summed E-state index contributed by atoms with van der Waals surface area (Å²) in [6.45, 7) is 0.411. The highest BCUT2D eigenvalue weighted by Crippen LogP contribution is 2.34. The van der Waals surface area contributed by atoms with Crippen LogP contribution >= 0.6 is 15.9 Å². The third-order valence-corrected chi connectivity index (χ3v) is 3.60. The van der Waals surface area contributed by atoms with E-state index in [1.54, 1.807) is 12.1 Å². The standard InChI is InChI=1S/C15H15BrN2O3/c16-13-4-1-5-14(18(19)20)15(13)21-10-2-3-11-6-8-12(17)9-7-11/h1,4-9H,2-3,10,17H2. The normalized spacial score (nSPS) is 10.3. The van der Waals surface area contributed by atoms with Crippen LogP contribution in [-0.4, -0.2) is 11.5 Å². The highest BCUT2D eigenvalue weighted by atomic mass is 79.9. The number of benzene rings is 2. The van der Waals surface area contributed by atoms with Gasteiger partial charge in [-0.3, -0.25) is 10.1 Å². The summed E-state index contributed by atoms with van der Waals surface area (Å²) in [5, 5.41) is 11.0. The van der Waals surface area contributed by atoms with Crippen molar-refractivity contribution >= 4 is 27.3 Å². The van der Waals surface area contributed by atoms with Crippen LogP contribution in [0.5, 0.6) is 5.75 Å². The van der Waals surface area contributed by atoms with Crippen LogP contribution < -0.4 is 10.5 Å². The van der Waals surface area contributed by atoms with Crippen LogP contribution in [-0.2, 0) is 6.42 Å². The molecule has 6 heteroatoms. The Morgan fingerprint density at radius 1 is 1.19 bits per heavy atom. The first-order valence-corrected chi connectivity index (χ1v) is 7.27.